The van der Waals surface area contributed by atoms with Gasteiger partial charge in [0.25, 0.3) is 0 Å². The van der Waals surface area contributed by atoms with Gasteiger partial charge in [0.05, 0.1) is 0 Å². The monoisotopic (exact) mass is 273 g/mol. The van der Waals surface area contributed by atoms with Crippen LogP contribution in [0.25, 0.3) is 0 Å². The van der Waals surface area contributed by atoms with Crippen molar-refractivity contribution in [2.45, 2.75) is 90.6 Å². The lowest BCUT2D eigenvalue weighted by Crippen LogP contribution is -2.66. The van der Waals surface area contributed by atoms with Gasteiger partial charge >= 0.3 is 0 Å². The molecule has 1 nitrogen and oxygen atoms in total. The maximum absolute atomic E-state index is 4.36. The van der Waals surface area contributed by atoms with Crippen molar-refractivity contribution >= 4 is 16.5 Å². The molecular weight excluding hydrogens is 238 g/mol. The van der Waals surface area contributed by atoms with Crippen LogP contribution >= 0.6 is 0 Å². The van der Waals surface area contributed by atoms with Crippen LogP contribution in [-0.2, 0) is 0 Å². The first-order chi connectivity index (χ1) is 7.84. The van der Waals surface area contributed by atoms with E-state index >= 15 is 0 Å². The van der Waals surface area contributed by atoms with E-state index < -0.39 is 16.5 Å². The number of nitrogens with one attached hydrogen (secondary N) is 1. The third kappa shape index (κ3) is 3.68. The molecule has 0 heterocycles. The van der Waals surface area contributed by atoms with Gasteiger partial charge in [0.1, 0.15) is 16.5 Å². The number of hydrogen-bond acceptors (Lipinski definition) is 1. The fourth-order valence-corrected chi connectivity index (χ4v) is 16.6. The Bertz CT molecular complexity index is 184. The minimum absolute atomic E-state index is 0.862. The summed E-state index contributed by atoms with van der Waals surface area (Å²) < 4.78 is 4.36. The van der Waals surface area contributed by atoms with Crippen LogP contribution < -0.4 is 4.65 Å². The molecule has 0 radical (unpaired) electrons. The highest BCUT2D eigenvalue weighted by atomic mass is 28.4. The van der Waals surface area contributed by atoms with E-state index in [0.29, 0.717) is 0 Å². The first-order valence-corrected chi connectivity index (χ1v) is 12.6. The van der Waals surface area contributed by atoms with Gasteiger partial charge in [-0.15, -0.1) is 0 Å². The molecule has 3 heteroatoms. The Morgan fingerprint density at radius 1 is 0.647 bits per heavy atom. The Hall–Kier alpha value is 0.394. The van der Waals surface area contributed by atoms with E-state index in [1.165, 1.54) is 24.2 Å². The van der Waals surface area contributed by atoms with Crippen LogP contribution in [0.3, 0.4) is 0 Å². The second kappa shape index (κ2) is 7.10. The van der Waals surface area contributed by atoms with Crippen LogP contribution in [0.5, 0.6) is 0 Å². The van der Waals surface area contributed by atoms with Gasteiger partial charge in [-0.2, -0.15) is 0 Å². The summed E-state index contributed by atoms with van der Waals surface area (Å²) in [5, 5.41) is 0. The molecule has 104 valence electrons. The largest absolute Gasteiger partial charge is 0.358 e. The molecule has 17 heavy (non-hydrogen) atoms. The summed E-state index contributed by atoms with van der Waals surface area (Å²) in [6.45, 7) is 19.4. The van der Waals surface area contributed by atoms with Gasteiger partial charge in [0, 0.05) is 0 Å². The van der Waals surface area contributed by atoms with Crippen LogP contribution in [0.1, 0.15) is 55.4 Å². The predicted molar refractivity (Wildman–Crippen MR) is 86.8 cm³/mol. The van der Waals surface area contributed by atoms with E-state index in [-0.39, 0.29) is 0 Å². The molecule has 0 aromatic heterocycles. The standard InChI is InChI=1S/C14H35NSi2/c1-9-16(10-2,13(5)6)15-17(11-3,12-4)14(7)8/h13-15H,9-12H2,1-8H3. The highest BCUT2D eigenvalue weighted by Crippen LogP contribution is 2.34. The summed E-state index contributed by atoms with van der Waals surface area (Å²) in [6, 6.07) is 5.57. The first kappa shape index (κ1) is 17.4. The Labute approximate surface area is 112 Å². The molecular formula is C14H35NSi2. The third-order valence-corrected chi connectivity index (χ3v) is 18.7. The summed E-state index contributed by atoms with van der Waals surface area (Å²) in [5.41, 5.74) is 1.72. The Morgan fingerprint density at radius 3 is 1.00 bits per heavy atom. The van der Waals surface area contributed by atoms with Gasteiger partial charge in [-0.05, 0) is 35.3 Å². The summed E-state index contributed by atoms with van der Waals surface area (Å²) in [4.78, 5) is 0. The van der Waals surface area contributed by atoms with Crippen molar-refractivity contribution in [2.24, 2.45) is 0 Å². The second-order valence-corrected chi connectivity index (χ2v) is 16.9. The molecule has 0 unspecified atom stereocenters. The Balaban J connectivity index is 5.18. The molecule has 0 saturated carbocycles. The van der Waals surface area contributed by atoms with E-state index in [1.807, 2.05) is 0 Å². The van der Waals surface area contributed by atoms with Crippen molar-refractivity contribution in [3.8, 4) is 0 Å². The highest BCUT2D eigenvalue weighted by molar-refractivity contribution is 6.94. The van der Waals surface area contributed by atoms with Gasteiger partial charge in [0.2, 0.25) is 0 Å². The quantitative estimate of drug-likeness (QED) is 0.587. The highest BCUT2D eigenvalue weighted by Gasteiger charge is 2.43. The summed E-state index contributed by atoms with van der Waals surface area (Å²) >= 11 is 0. The average molecular weight is 274 g/mol. The summed E-state index contributed by atoms with van der Waals surface area (Å²) in [5.74, 6) is 0. The maximum atomic E-state index is 4.36. The molecule has 0 aliphatic heterocycles. The molecule has 0 spiro atoms. The molecule has 0 aliphatic carbocycles. The van der Waals surface area contributed by atoms with Crippen LogP contribution in [0, 0.1) is 0 Å². The van der Waals surface area contributed by atoms with E-state index in [0.717, 1.165) is 11.1 Å². The van der Waals surface area contributed by atoms with Gasteiger partial charge in [0.15, 0.2) is 0 Å². The van der Waals surface area contributed by atoms with E-state index in [9.17, 15) is 0 Å². The molecule has 0 fully saturated rings. The molecule has 0 bridgehead atoms. The molecule has 0 aliphatic rings. The van der Waals surface area contributed by atoms with Crippen LogP contribution in [-0.4, -0.2) is 16.5 Å². The van der Waals surface area contributed by atoms with Gasteiger partial charge < -0.3 is 4.65 Å². The topological polar surface area (TPSA) is 12.0 Å². The van der Waals surface area contributed by atoms with Crippen molar-refractivity contribution in [3.05, 3.63) is 0 Å². The van der Waals surface area contributed by atoms with Gasteiger partial charge in [-0.1, -0.05) is 55.4 Å². The van der Waals surface area contributed by atoms with E-state index in [4.69, 9.17) is 0 Å². The minimum Gasteiger partial charge on any atom is -0.358 e. The zero-order valence-corrected chi connectivity index (χ0v) is 15.5. The molecule has 0 amide bonds. The fraction of sp³-hybridized carbons (Fsp3) is 1.00. The van der Waals surface area contributed by atoms with Crippen LogP contribution in [0.15, 0.2) is 0 Å². The summed E-state index contributed by atoms with van der Waals surface area (Å²) in [7, 11) is -2.50. The minimum atomic E-state index is -1.25. The number of rotatable bonds is 8. The molecule has 0 aromatic rings. The molecule has 0 aromatic carbocycles. The van der Waals surface area contributed by atoms with Gasteiger partial charge in [-0.25, -0.2) is 0 Å². The molecule has 1 N–H and O–H groups in total. The average Bonchev–Trinajstić information content (AvgIpc) is 2.31. The van der Waals surface area contributed by atoms with Crippen molar-refractivity contribution < 1.29 is 0 Å². The normalized spacial score (nSPS) is 13.8. The zero-order chi connectivity index (χ0) is 13.7. The van der Waals surface area contributed by atoms with Crippen molar-refractivity contribution in [1.82, 2.24) is 4.65 Å². The zero-order valence-electron chi connectivity index (χ0n) is 13.5. The van der Waals surface area contributed by atoms with Crippen molar-refractivity contribution in [3.63, 3.8) is 0 Å². The SMILES string of the molecule is CC[Si](CC)(N[Si](CC)(CC)C(C)C)C(C)C. The second-order valence-electron chi connectivity index (χ2n) is 6.16. The maximum Gasteiger partial charge on any atom is 0.121 e. The lowest BCUT2D eigenvalue weighted by molar-refractivity contribution is 0.874. The van der Waals surface area contributed by atoms with E-state index in [1.54, 1.807) is 0 Å². The summed E-state index contributed by atoms with van der Waals surface area (Å²) in [6.07, 6.45) is 0. The van der Waals surface area contributed by atoms with Crippen molar-refractivity contribution in [1.29, 1.82) is 0 Å². The van der Waals surface area contributed by atoms with Crippen molar-refractivity contribution in [2.75, 3.05) is 0 Å². The van der Waals surface area contributed by atoms with Gasteiger partial charge in [-0.3, -0.25) is 0 Å². The Morgan fingerprint density at radius 2 is 0.882 bits per heavy atom. The molecule has 0 rings (SSSR count). The predicted octanol–water partition coefficient (Wildman–Crippen LogP) is 5.37. The number of hydrogen-bond donors (Lipinski definition) is 1. The third-order valence-electron chi connectivity index (χ3n) is 5.23. The van der Waals surface area contributed by atoms with Crippen LogP contribution in [0.2, 0.25) is 35.3 Å². The Kier molecular flexibility index (Phi) is 7.26. The molecule has 0 atom stereocenters. The fourth-order valence-electron chi connectivity index (χ4n) is 3.27. The lowest BCUT2D eigenvalue weighted by Gasteiger charge is -2.46. The molecule has 0 saturated heterocycles. The lowest BCUT2D eigenvalue weighted by atomic mass is 10.6. The smallest absolute Gasteiger partial charge is 0.121 e. The first-order valence-electron chi connectivity index (χ1n) is 7.63. The van der Waals surface area contributed by atoms with Crippen LogP contribution in [0.4, 0.5) is 0 Å². The van der Waals surface area contributed by atoms with E-state index in [2.05, 4.69) is 60.0 Å².